The van der Waals surface area contributed by atoms with Gasteiger partial charge in [0.1, 0.15) is 6.61 Å². The summed E-state index contributed by atoms with van der Waals surface area (Å²) in [6, 6.07) is 1.98. The summed E-state index contributed by atoms with van der Waals surface area (Å²) in [4.78, 5) is 13.8. The predicted molar refractivity (Wildman–Crippen MR) is 53.9 cm³/mol. The van der Waals surface area contributed by atoms with E-state index in [-0.39, 0.29) is 11.3 Å². The van der Waals surface area contributed by atoms with Crippen molar-refractivity contribution in [3.05, 3.63) is 24.0 Å². The normalized spacial score (nSPS) is 11.4. The number of aliphatic hydroxyl groups excluding tert-OH is 1. The molecule has 4 nitrogen and oxygen atoms in total. The summed E-state index contributed by atoms with van der Waals surface area (Å²) in [7, 11) is 0. The van der Waals surface area contributed by atoms with E-state index in [1.165, 1.54) is 0 Å². The Balaban J connectivity index is 2.54. The summed E-state index contributed by atoms with van der Waals surface area (Å²) in [5.41, 5.74) is 1.01. The molecule has 1 heterocycles. The van der Waals surface area contributed by atoms with Crippen molar-refractivity contribution in [2.24, 2.45) is 0 Å². The first-order valence-corrected chi connectivity index (χ1v) is 4.57. The van der Waals surface area contributed by atoms with Crippen LogP contribution in [-0.4, -0.2) is 29.1 Å². The van der Waals surface area contributed by atoms with Crippen LogP contribution in [0.5, 0.6) is 0 Å². The zero-order valence-corrected chi connectivity index (χ0v) is 8.50. The molecule has 0 radical (unpaired) electrons. The maximum Gasteiger partial charge on any atom is 0.245 e. The Hall–Kier alpha value is -1.29. The fraction of sp³-hybridized carbons (Fsp3) is 0.500. The van der Waals surface area contributed by atoms with Crippen molar-refractivity contribution in [1.82, 2.24) is 10.3 Å². The SMILES string of the molecule is CC(C)(CNC(=O)CO)c1cc[nH]c1. The van der Waals surface area contributed by atoms with Crippen molar-refractivity contribution < 1.29 is 9.90 Å². The molecule has 0 aliphatic heterocycles. The number of hydrogen-bond acceptors (Lipinski definition) is 2. The summed E-state index contributed by atoms with van der Waals surface area (Å²) >= 11 is 0. The molecular formula is C10H16N2O2. The van der Waals surface area contributed by atoms with Crippen LogP contribution in [0.2, 0.25) is 0 Å². The van der Waals surface area contributed by atoms with Gasteiger partial charge >= 0.3 is 0 Å². The average molecular weight is 196 g/mol. The van der Waals surface area contributed by atoms with Crippen molar-refractivity contribution in [2.75, 3.05) is 13.2 Å². The zero-order valence-electron chi connectivity index (χ0n) is 8.50. The minimum Gasteiger partial charge on any atom is -0.387 e. The van der Waals surface area contributed by atoms with Crippen LogP contribution in [-0.2, 0) is 10.2 Å². The molecule has 0 saturated heterocycles. The number of aromatic amines is 1. The first-order valence-electron chi connectivity index (χ1n) is 4.57. The molecule has 1 aromatic heterocycles. The molecule has 1 aromatic rings. The number of carbonyl (C=O) groups excluding carboxylic acids is 1. The number of H-pyrrole nitrogens is 1. The number of nitrogens with one attached hydrogen (secondary N) is 2. The highest BCUT2D eigenvalue weighted by atomic mass is 16.3. The van der Waals surface area contributed by atoms with E-state index in [0.717, 1.165) is 5.56 Å². The second-order valence-electron chi connectivity index (χ2n) is 3.92. The smallest absolute Gasteiger partial charge is 0.245 e. The molecule has 0 fully saturated rings. The number of aromatic nitrogens is 1. The van der Waals surface area contributed by atoms with Gasteiger partial charge in [0.05, 0.1) is 0 Å². The van der Waals surface area contributed by atoms with E-state index in [4.69, 9.17) is 5.11 Å². The molecular weight excluding hydrogens is 180 g/mol. The maximum absolute atomic E-state index is 10.9. The minimum atomic E-state index is -0.455. The Bertz CT molecular complexity index is 291. The van der Waals surface area contributed by atoms with Crippen molar-refractivity contribution >= 4 is 5.91 Å². The van der Waals surface area contributed by atoms with Crippen molar-refractivity contribution in [3.63, 3.8) is 0 Å². The van der Waals surface area contributed by atoms with Gasteiger partial charge in [-0.1, -0.05) is 13.8 Å². The molecule has 1 amide bonds. The van der Waals surface area contributed by atoms with E-state index in [1.807, 2.05) is 32.3 Å². The molecule has 3 N–H and O–H groups in total. The Morgan fingerprint density at radius 1 is 1.64 bits per heavy atom. The van der Waals surface area contributed by atoms with Crippen molar-refractivity contribution in [1.29, 1.82) is 0 Å². The van der Waals surface area contributed by atoms with Gasteiger partial charge in [-0.15, -0.1) is 0 Å². The van der Waals surface area contributed by atoms with Crippen LogP contribution < -0.4 is 5.32 Å². The summed E-state index contributed by atoms with van der Waals surface area (Å²) in [6.07, 6.45) is 3.76. The van der Waals surface area contributed by atoms with Gasteiger partial charge in [-0.3, -0.25) is 4.79 Å². The highest BCUT2D eigenvalue weighted by Gasteiger charge is 2.21. The van der Waals surface area contributed by atoms with E-state index >= 15 is 0 Å². The third kappa shape index (κ3) is 2.60. The largest absolute Gasteiger partial charge is 0.387 e. The van der Waals surface area contributed by atoms with E-state index in [0.29, 0.717) is 6.54 Å². The minimum absolute atomic E-state index is 0.120. The molecule has 0 aliphatic carbocycles. The summed E-state index contributed by atoms with van der Waals surface area (Å²) in [6.45, 7) is 4.13. The van der Waals surface area contributed by atoms with E-state index in [9.17, 15) is 4.79 Å². The summed E-state index contributed by atoms with van der Waals surface area (Å²) < 4.78 is 0. The standard InChI is InChI=1S/C10H16N2O2/c1-10(2,7-12-9(14)6-13)8-3-4-11-5-8/h3-5,11,13H,6-7H2,1-2H3,(H,12,14). The van der Waals surface area contributed by atoms with E-state index in [1.54, 1.807) is 0 Å². The first kappa shape index (κ1) is 10.8. The number of aliphatic hydroxyl groups is 1. The lowest BCUT2D eigenvalue weighted by atomic mass is 9.86. The molecule has 0 saturated carbocycles. The van der Waals surface area contributed by atoms with Gasteiger partial charge in [0.15, 0.2) is 0 Å². The van der Waals surface area contributed by atoms with Crippen LogP contribution in [0.4, 0.5) is 0 Å². The Morgan fingerprint density at radius 3 is 2.86 bits per heavy atom. The quantitative estimate of drug-likeness (QED) is 0.652. The molecule has 14 heavy (non-hydrogen) atoms. The molecule has 78 valence electrons. The van der Waals surface area contributed by atoms with Gasteiger partial charge in [0.2, 0.25) is 5.91 Å². The number of amides is 1. The van der Waals surface area contributed by atoms with Gasteiger partial charge in [-0.05, 0) is 11.6 Å². The number of carbonyl (C=O) groups is 1. The van der Waals surface area contributed by atoms with Crippen LogP contribution >= 0.6 is 0 Å². The first-order chi connectivity index (χ1) is 6.56. The molecule has 0 aromatic carbocycles. The van der Waals surface area contributed by atoms with Crippen molar-refractivity contribution in [2.45, 2.75) is 19.3 Å². The van der Waals surface area contributed by atoms with Crippen LogP contribution in [0.25, 0.3) is 0 Å². The Morgan fingerprint density at radius 2 is 2.36 bits per heavy atom. The van der Waals surface area contributed by atoms with E-state index < -0.39 is 6.61 Å². The lowest BCUT2D eigenvalue weighted by Crippen LogP contribution is -2.37. The monoisotopic (exact) mass is 196 g/mol. The lowest BCUT2D eigenvalue weighted by Gasteiger charge is -2.23. The Kier molecular flexibility index (Phi) is 3.30. The topological polar surface area (TPSA) is 65.1 Å². The summed E-state index contributed by atoms with van der Waals surface area (Å²) in [5, 5.41) is 11.2. The molecule has 4 heteroatoms. The molecule has 0 bridgehead atoms. The highest BCUT2D eigenvalue weighted by molar-refractivity contribution is 5.76. The maximum atomic E-state index is 10.9. The average Bonchev–Trinajstić information content (AvgIpc) is 2.67. The van der Waals surface area contributed by atoms with Crippen LogP contribution in [0.1, 0.15) is 19.4 Å². The number of hydrogen-bond donors (Lipinski definition) is 3. The fourth-order valence-corrected chi connectivity index (χ4v) is 1.22. The van der Waals surface area contributed by atoms with Crippen LogP contribution in [0.3, 0.4) is 0 Å². The third-order valence-electron chi connectivity index (χ3n) is 2.25. The van der Waals surface area contributed by atoms with Crippen LogP contribution in [0, 0.1) is 0 Å². The Labute approximate surface area is 83.3 Å². The summed E-state index contributed by atoms with van der Waals surface area (Å²) in [5.74, 6) is -0.339. The molecule has 1 rings (SSSR count). The molecule has 0 unspecified atom stereocenters. The van der Waals surface area contributed by atoms with Gasteiger partial charge in [0, 0.05) is 24.4 Å². The van der Waals surface area contributed by atoms with Gasteiger partial charge in [-0.25, -0.2) is 0 Å². The second kappa shape index (κ2) is 4.28. The fourth-order valence-electron chi connectivity index (χ4n) is 1.22. The number of rotatable bonds is 4. The van der Waals surface area contributed by atoms with Crippen molar-refractivity contribution in [3.8, 4) is 0 Å². The third-order valence-corrected chi connectivity index (χ3v) is 2.25. The highest BCUT2D eigenvalue weighted by Crippen LogP contribution is 2.21. The zero-order chi connectivity index (χ0) is 10.6. The lowest BCUT2D eigenvalue weighted by molar-refractivity contribution is -0.124. The molecule has 0 aliphatic rings. The second-order valence-corrected chi connectivity index (χ2v) is 3.92. The van der Waals surface area contributed by atoms with Gasteiger partial charge < -0.3 is 15.4 Å². The van der Waals surface area contributed by atoms with E-state index in [2.05, 4.69) is 10.3 Å². The molecule has 0 atom stereocenters. The van der Waals surface area contributed by atoms with Gasteiger partial charge in [-0.2, -0.15) is 0 Å². The van der Waals surface area contributed by atoms with Gasteiger partial charge in [0.25, 0.3) is 0 Å². The molecule has 0 spiro atoms. The van der Waals surface area contributed by atoms with Crippen LogP contribution in [0.15, 0.2) is 18.5 Å². The predicted octanol–water partition coefficient (Wildman–Crippen LogP) is 0.401.